The van der Waals surface area contributed by atoms with Gasteiger partial charge in [0.1, 0.15) is 0 Å². The lowest BCUT2D eigenvalue weighted by molar-refractivity contribution is -0.136. The maximum absolute atomic E-state index is 12.1. The van der Waals surface area contributed by atoms with Crippen molar-refractivity contribution in [3.63, 3.8) is 0 Å². The smallest absolute Gasteiger partial charge is 0.322 e. The summed E-state index contributed by atoms with van der Waals surface area (Å²) in [6.07, 6.45) is 0.570. The maximum Gasteiger partial charge on any atom is 0.322 e. The number of carboxylic acids is 1. The molecule has 0 aliphatic heterocycles. The number of hydrogen-bond acceptors (Lipinski definition) is 3. The average molecular weight is 277 g/mol. The van der Waals surface area contributed by atoms with E-state index < -0.39 is 21.1 Å². The molecule has 0 saturated heterocycles. The highest BCUT2D eigenvalue weighted by Crippen LogP contribution is 2.22. The van der Waals surface area contributed by atoms with Crippen LogP contribution in [-0.4, -0.2) is 24.7 Å². The number of carbonyl (C=O) groups is 1. The topological polar surface area (TPSA) is 71.4 Å². The Bertz CT molecular complexity index is 510. The van der Waals surface area contributed by atoms with Crippen LogP contribution in [0.1, 0.15) is 19.8 Å². The summed E-state index contributed by atoms with van der Waals surface area (Å²) in [6.45, 7) is 1.74. The van der Waals surface area contributed by atoms with Gasteiger partial charge < -0.3 is 5.11 Å². The molecular formula is C11H13ClO4S. The highest BCUT2D eigenvalue weighted by atomic mass is 35.5. The molecule has 0 fully saturated rings. The molecule has 17 heavy (non-hydrogen) atoms. The van der Waals surface area contributed by atoms with Gasteiger partial charge >= 0.3 is 5.97 Å². The number of hydrogen-bond donors (Lipinski definition) is 1. The molecule has 94 valence electrons. The van der Waals surface area contributed by atoms with Gasteiger partial charge in [0.15, 0.2) is 15.1 Å². The quantitative estimate of drug-likeness (QED) is 0.896. The van der Waals surface area contributed by atoms with Crippen molar-refractivity contribution < 1.29 is 18.3 Å². The second-order valence-corrected chi connectivity index (χ2v) is 6.18. The molecule has 0 bridgehead atoms. The van der Waals surface area contributed by atoms with E-state index in [9.17, 15) is 13.2 Å². The van der Waals surface area contributed by atoms with Crippen LogP contribution in [0.4, 0.5) is 0 Å². The monoisotopic (exact) mass is 276 g/mol. The van der Waals surface area contributed by atoms with Crippen LogP contribution in [0.15, 0.2) is 29.2 Å². The van der Waals surface area contributed by atoms with Gasteiger partial charge in [0.05, 0.1) is 4.90 Å². The second-order valence-electron chi connectivity index (χ2n) is 3.62. The fourth-order valence-corrected chi connectivity index (χ4v) is 3.44. The Balaban J connectivity index is 3.21. The van der Waals surface area contributed by atoms with E-state index in [1.807, 2.05) is 0 Å². The van der Waals surface area contributed by atoms with Crippen LogP contribution in [0.2, 0.25) is 5.02 Å². The van der Waals surface area contributed by atoms with E-state index in [4.69, 9.17) is 16.7 Å². The number of aliphatic carboxylic acids is 1. The molecule has 0 aliphatic carbocycles. The van der Waals surface area contributed by atoms with Gasteiger partial charge in [-0.05, 0) is 24.6 Å². The van der Waals surface area contributed by atoms with Crippen LogP contribution in [0, 0.1) is 0 Å². The van der Waals surface area contributed by atoms with Crippen molar-refractivity contribution in [3.8, 4) is 0 Å². The first-order chi connectivity index (χ1) is 7.89. The van der Waals surface area contributed by atoms with E-state index in [0.29, 0.717) is 6.42 Å². The van der Waals surface area contributed by atoms with Crippen molar-refractivity contribution in [3.05, 3.63) is 29.3 Å². The zero-order chi connectivity index (χ0) is 13.1. The molecule has 0 aliphatic rings. The summed E-state index contributed by atoms with van der Waals surface area (Å²) in [4.78, 5) is 10.9. The van der Waals surface area contributed by atoms with Gasteiger partial charge in [0.2, 0.25) is 0 Å². The van der Waals surface area contributed by atoms with Gasteiger partial charge in [0, 0.05) is 5.02 Å². The minimum atomic E-state index is -3.87. The van der Waals surface area contributed by atoms with Crippen LogP contribution in [0.3, 0.4) is 0 Å². The Morgan fingerprint density at radius 3 is 2.59 bits per heavy atom. The van der Waals surface area contributed by atoms with Gasteiger partial charge in [-0.25, -0.2) is 8.42 Å². The fourth-order valence-electron chi connectivity index (χ4n) is 1.48. The molecule has 0 aromatic heterocycles. The SMILES string of the molecule is CCCC(C(=O)O)S(=O)(=O)c1cccc(Cl)c1. The van der Waals surface area contributed by atoms with Gasteiger partial charge in [0.25, 0.3) is 0 Å². The predicted octanol–water partition coefficient (Wildman–Crippen LogP) is 2.37. The van der Waals surface area contributed by atoms with E-state index >= 15 is 0 Å². The second kappa shape index (κ2) is 5.51. The molecule has 1 atom stereocenters. The van der Waals surface area contributed by atoms with E-state index in [1.165, 1.54) is 24.3 Å². The Kier molecular flexibility index (Phi) is 4.54. The lowest BCUT2D eigenvalue weighted by Crippen LogP contribution is -2.30. The third-order valence-corrected chi connectivity index (χ3v) is 4.66. The Labute approximate surface area is 105 Å². The Morgan fingerprint density at radius 2 is 2.12 bits per heavy atom. The summed E-state index contributed by atoms with van der Waals surface area (Å²) in [5.41, 5.74) is 0. The minimum absolute atomic E-state index is 0.0501. The van der Waals surface area contributed by atoms with Crippen LogP contribution in [0.25, 0.3) is 0 Å². The van der Waals surface area contributed by atoms with Gasteiger partial charge in [-0.1, -0.05) is 31.0 Å². The number of rotatable bonds is 5. The van der Waals surface area contributed by atoms with Crippen molar-refractivity contribution >= 4 is 27.4 Å². The molecule has 1 unspecified atom stereocenters. The van der Waals surface area contributed by atoms with Crippen molar-refractivity contribution in [1.29, 1.82) is 0 Å². The van der Waals surface area contributed by atoms with Crippen LogP contribution in [-0.2, 0) is 14.6 Å². The molecule has 0 spiro atoms. The summed E-state index contributed by atoms with van der Waals surface area (Å²) in [6, 6.07) is 5.64. The molecule has 1 N–H and O–H groups in total. The molecule has 0 amide bonds. The zero-order valence-electron chi connectivity index (χ0n) is 9.26. The molecule has 0 radical (unpaired) electrons. The first-order valence-corrected chi connectivity index (χ1v) is 7.04. The molecule has 1 aromatic carbocycles. The van der Waals surface area contributed by atoms with E-state index in [-0.39, 0.29) is 16.3 Å². The lowest BCUT2D eigenvalue weighted by atomic mass is 10.2. The van der Waals surface area contributed by atoms with Crippen LogP contribution < -0.4 is 0 Å². The van der Waals surface area contributed by atoms with Gasteiger partial charge in [-0.3, -0.25) is 4.79 Å². The van der Waals surface area contributed by atoms with Crippen molar-refractivity contribution in [1.82, 2.24) is 0 Å². The van der Waals surface area contributed by atoms with E-state index in [2.05, 4.69) is 0 Å². The van der Waals surface area contributed by atoms with Gasteiger partial charge in [-0.15, -0.1) is 0 Å². The molecule has 6 heteroatoms. The largest absolute Gasteiger partial charge is 0.480 e. The van der Waals surface area contributed by atoms with E-state index in [0.717, 1.165) is 0 Å². The molecule has 0 heterocycles. The average Bonchev–Trinajstić information content (AvgIpc) is 2.25. The summed E-state index contributed by atoms with van der Waals surface area (Å²) in [7, 11) is -3.87. The first kappa shape index (κ1) is 14.0. The summed E-state index contributed by atoms with van der Waals surface area (Å²) >= 11 is 5.70. The third kappa shape index (κ3) is 3.20. The highest BCUT2D eigenvalue weighted by Gasteiger charge is 2.33. The van der Waals surface area contributed by atoms with Crippen molar-refractivity contribution in [2.24, 2.45) is 0 Å². The lowest BCUT2D eigenvalue weighted by Gasteiger charge is -2.12. The molecule has 0 saturated carbocycles. The van der Waals surface area contributed by atoms with Crippen LogP contribution in [0.5, 0.6) is 0 Å². The Morgan fingerprint density at radius 1 is 1.47 bits per heavy atom. The Hall–Kier alpha value is -1.07. The summed E-state index contributed by atoms with van der Waals surface area (Å²) < 4.78 is 24.2. The molecule has 1 rings (SSSR count). The van der Waals surface area contributed by atoms with E-state index in [1.54, 1.807) is 6.92 Å². The summed E-state index contributed by atoms with van der Waals surface area (Å²) in [5, 5.41) is 7.82. The van der Waals surface area contributed by atoms with Crippen molar-refractivity contribution in [2.45, 2.75) is 29.9 Å². The number of halogens is 1. The normalized spacial score (nSPS) is 13.3. The van der Waals surface area contributed by atoms with Gasteiger partial charge in [-0.2, -0.15) is 0 Å². The molecule has 4 nitrogen and oxygen atoms in total. The fraction of sp³-hybridized carbons (Fsp3) is 0.364. The first-order valence-electron chi connectivity index (χ1n) is 5.12. The maximum atomic E-state index is 12.1. The molecular weight excluding hydrogens is 264 g/mol. The number of benzene rings is 1. The van der Waals surface area contributed by atoms with Crippen LogP contribution >= 0.6 is 11.6 Å². The predicted molar refractivity (Wildman–Crippen MR) is 65.0 cm³/mol. The third-order valence-electron chi connectivity index (χ3n) is 2.33. The number of sulfone groups is 1. The zero-order valence-corrected chi connectivity index (χ0v) is 10.8. The summed E-state index contributed by atoms with van der Waals surface area (Å²) in [5.74, 6) is -1.33. The number of carboxylic acid groups (broad SMARTS) is 1. The van der Waals surface area contributed by atoms with Crippen molar-refractivity contribution in [2.75, 3.05) is 0 Å². The molecule has 1 aromatic rings. The standard InChI is InChI=1S/C11H13ClO4S/c1-2-4-10(11(13)14)17(15,16)9-6-3-5-8(12)7-9/h3,5-7,10H,2,4H2,1H3,(H,13,14). The minimum Gasteiger partial charge on any atom is -0.480 e. The highest BCUT2D eigenvalue weighted by molar-refractivity contribution is 7.92.